The molecule has 4 rings (SSSR count). The number of amides is 3. The standard InChI is InChI=1S/C36H51FN6O6/c1-20(2)43-29-24(21-12-15-23(16-13-21)40-31(44)47-34(3,4)5)19-39-30(27(29)28(41-43)22-14-17-26(38)25(37)18-22)42(32(45)48-35(6,7)8)33(46)49-36(9,10)11/h14,17-21,23H,12-13,15-16,38H2,1-11H3,(H,40,44)/t21-,23-. The summed E-state index contributed by atoms with van der Waals surface area (Å²) in [5.41, 5.74) is 5.48. The Balaban J connectivity index is 1.91. The van der Waals surface area contributed by atoms with E-state index in [1.165, 1.54) is 12.1 Å². The van der Waals surface area contributed by atoms with Gasteiger partial charge in [0.1, 0.15) is 28.3 Å². The summed E-state index contributed by atoms with van der Waals surface area (Å²) in [5, 5.41) is 8.30. The number of fused-ring (bicyclic) bond motifs is 1. The number of hydrogen-bond acceptors (Lipinski definition) is 9. The monoisotopic (exact) mass is 682 g/mol. The highest BCUT2D eigenvalue weighted by atomic mass is 19.1. The third-order valence-corrected chi connectivity index (χ3v) is 7.75. The Morgan fingerprint density at radius 3 is 1.96 bits per heavy atom. The normalized spacial score (nSPS) is 17.2. The number of nitrogens with one attached hydrogen (secondary N) is 1. The molecule has 3 N–H and O–H groups in total. The first-order chi connectivity index (χ1) is 22.5. The molecule has 13 heteroatoms. The average Bonchev–Trinajstić information content (AvgIpc) is 3.34. The van der Waals surface area contributed by atoms with Crippen molar-refractivity contribution in [2.24, 2.45) is 0 Å². The number of nitrogens with two attached hydrogens (primary N) is 1. The molecular formula is C36H51FN6O6. The van der Waals surface area contributed by atoms with Gasteiger partial charge in [0.15, 0.2) is 5.82 Å². The first-order valence-electron chi connectivity index (χ1n) is 16.8. The molecule has 49 heavy (non-hydrogen) atoms. The minimum atomic E-state index is -0.983. The number of benzene rings is 1. The molecule has 0 radical (unpaired) electrons. The molecule has 1 aromatic carbocycles. The van der Waals surface area contributed by atoms with Crippen molar-refractivity contribution >= 4 is 40.7 Å². The number of imide groups is 1. The average molecular weight is 683 g/mol. The SMILES string of the molecule is CC(C)n1nc(-c2ccc(N)c(F)c2)c2c(N(C(=O)OC(C)(C)C)C(=O)OC(C)(C)C)ncc([C@H]3CC[C@H](NC(=O)OC(C)(C)C)CC3)c21. The van der Waals surface area contributed by atoms with Crippen LogP contribution in [0.2, 0.25) is 0 Å². The summed E-state index contributed by atoms with van der Waals surface area (Å²) in [6, 6.07) is 4.12. The highest BCUT2D eigenvalue weighted by molar-refractivity contribution is 6.16. The van der Waals surface area contributed by atoms with E-state index in [0.717, 1.165) is 10.5 Å². The Hall–Kier alpha value is -4.42. The van der Waals surface area contributed by atoms with Gasteiger partial charge in [0.2, 0.25) is 0 Å². The molecule has 0 saturated heterocycles. The van der Waals surface area contributed by atoms with Crippen molar-refractivity contribution in [3.05, 3.63) is 35.8 Å². The van der Waals surface area contributed by atoms with Crippen molar-refractivity contribution in [1.29, 1.82) is 0 Å². The maximum Gasteiger partial charge on any atom is 0.425 e. The second-order valence-corrected chi connectivity index (χ2v) is 15.9. The van der Waals surface area contributed by atoms with E-state index in [-0.39, 0.29) is 29.5 Å². The molecule has 3 aromatic rings. The quantitative estimate of drug-likeness (QED) is 0.199. The van der Waals surface area contributed by atoms with Gasteiger partial charge >= 0.3 is 18.3 Å². The number of carbonyl (C=O) groups excluding carboxylic acids is 3. The minimum Gasteiger partial charge on any atom is -0.444 e. The number of nitrogens with zero attached hydrogens (tertiary/aromatic N) is 4. The van der Waals surface area contributed by atoms with Crippen LogP contribution in [-0.4, -0.2) is 55.9 Å². The molecule has 0 bridgehead atoms. The number of hydrogen-bond donors (Lipinski definition) is 2. The molecule has 0 aliphatic heterocycles. The number of pyridine rings is 1. The fourth-order valence-electron chi connectivity index (χ4n) is 5.78. The molecule has 3 amide bonds. The molecule has 0 unspecified atom stereocenters. The van der Waals surface area contributed by atoms with Gasteiger partial charge in [-0.15, -0.1) is 0 Å². The van der Waals surface area contributed by atoms with Crippen LogP contribution in [0.1, 0.15) is 119 Å². The zero-order chi connectivity index (χ0) is 36.6. The van der Waals surface area contributed by atoms with Gasteiger partial charge in [-0.05, 0) is 125 Å². The number of ether oxygens (including phenoxy) is 3. The van der Waals surface area contributed by atoms with Crippen LogP contribution in [0.15, 0.2) is 24.4 Å². The van der Waals surface area contributed by atoms with E-state index in [9.17, 15) is 18.8 Å². The second kappa shape index (κ2) is 13.8. The Kier molecular flexibility index (Phi) is 10.6. The Labute approximate surface area is 287 Å². The fourth-order valence-corrected chi connectivity index (χ4v) is 5.78. The number of alkyl carbamates (subject to hydrolysis) is 1. The molecule has 0 atom stereocenters. The molecule has 1 saturated carbocycles. The van der Waals surface area contributed by atoms with Gasteiger partial charge in [-0.3, -0.25) is 4.68 Å². The molecule has 268 valence electrons. The van der Waals surface area contributed by atoms with Crippen LogP contribution in [-0.2, 0) is 14.2 Å². The van der Waals surface area contributed by atoms with Crippen molar-refractivity contribution < 1.29 is 33.0 Å². The lowest BCUT2D eigenvalue weighted by atomic mass is 9.81. The summed E-state index contributed by atoms with van der Waals surface area (Å²) in [6.07, 6.45) is 2.07. The Morgan fingerprint density at radius 1 is 0.918 bits per heavy atom. The van der Waals surface area contributed by atoms with E-state index >= 15 is 0 Å². The highest BCUT2D eigenvalue weighted by Crippen LogP contribution is 2.43. The lowest BCUT2D eigenvalue weighted by Crippen LogP contribution is -2.44. The van der Waals surface area contributed by atoms with Crippen molar-refractivity contribution in [3.63, 3.8) is 0 Å². The topological polar surface area (TPSA) is 151 Å². The predicted octanol–water partition coefficient (Wildman–Crippen LogP) is 8.63. The van der Waals surface area contributed by atoms with Crippen LogP contribution in [0, 0.1) is 5.82 Å². The summed E-state index contributed by atoms with van der Waals surface area (Å²) in [6.45, 7) is 19.5. The molecular weight excluding hydrogens is 631 g/mol. The van der Waals surface area contributed by atoms with E-state index in [1.807, 2.05) is 39.3 Å². The maximum absolute atomic E-state index is 14.9. The van der Waals surface area contributed by atoms with Crippen molar-refractivity contribution in [2.45, 2.75) is 137 Å². The summed E-state index contributed by atoms with van der Waals surface area (Å²) in [5.74, 6) is -0.688. The lowest BCUT2D eigenvalue weighted by Gasteiger charge is -2.31. The summed E-state index contributed by atoms with van der Waals surface area (Å²) < 4.78 is 33.6. The third kappa shape index (κ3) is 9.18. The Morgan fingerprint density at radius 2 is 1.47 bits per heavy atom. The van der Waals surface area contributed by atoms with Crippen molar-refractivity contribution in [3.8, 4) is 11.3 Å². The van der Waals surface area contributed by atoms with Crippen LogP contribution in [0.4, 0.5) is 30.3 Å². The zero-order valence-corrected chi connectivity index (χ0v) is 30.6. The number of nitrogen functional groups attached to an aromatic ring is 1. The van der Waals surface area contributed by atoms with E-state index < -0.39 is 40.9 Å². The summed E-state index contributed by atoms with van der Waals surface area (Å²) >= 11 is 0. The molecule has 0 spiro atoms. The fraction of sp³-hybridized carbons (Fsp3) is 0.583. The third-order valence-electron chi connectivity index (χ3n) is 7.75. The highest BCUT2D eigenvalue weighted by Gasteiger charge is 2.38. The smallest absolute Gasteiger partial charge is 0.425 e. The van der Waals surface area contributed by atoms with Crippen LogP contribution < -0.4 is 16.0 Å². The van der Waals surface area contributed by atoms with Gasteiger partial charge in [0.05, 0.1) is 16.6 Å². The molecule has 2 heterocycles. The van der Waals surface area contributed by atoms with Gasteiger partial charge in [0, 0.05) is 23.8 Å². The van der Waals surface area contributed by atoms with Crippen LogP contribution in [0.25, 0.3) is 22.2 Å². The summed E-state index contributed by atoms with van der Waals surface area (Å²) in [7, 11) is 0. The largest absolute Gasteiger partial charge is 0.444 e. The van der Waals surface area contributed by atoms with Gasteiger partial charge in [-0.1, -0.05) is 6.07 Å². The van der Waals surface area contributed by atoms with Gasteiger partial charge in [0.25, 0.3) is 0 Å². The number of anilines is 2. The van der Waals surface area contributed by atoms with E-state index in [0.29, 0.717) is 47.8 Å². The molecule has 2 aromatic heterocycles. The molecule has 1 aliphatic rings. The number of halogens is 1. The van der Waals surface area contributed by atoms with Gasteiger partial charge in [-0.2, -0.15) is 10.00 Å². The Bertz CT molecular complexity index is 1680. The van der Waals surface area contributed by atoms with Gasteiger partial charge in [-0.25, -0.2) is 23.8 Å². The molecule has 1 fully saturated rings. The minimum absolute atomic E-state index is 0.00226. The molecule has 1 aliphatic carbocycles. The second-order valence-electron chi connectivity index (χ2n) is 15.9. The zero-order valence-electron chi connectivity index (χ0n) is 30.6. The van der Waals surface area contributed by atoms with Crippen LogP contribution >= 0.6 is 0 Å². The first kappa shape index (κ1) is 37.4. The van der Waals surface area contributed by atoms with E-state index in [2.05, 4.69) is 5.32 Å². The van der Waals surface area contributed by atoms with Gasteiger partial charge < -0.3 is 25.3 Å². The molecule has 12 nitrogen and oxygen atoms in total. The van der Waals surface area contributed by atoms with Crippen LogP contribution in [0.3, 0.4) is 0 Å². The number of rotatable bonds is 5. The lowest BCUT2D eigenvalue weighted by molar-refractivity contribution is 0.0425. The number of carbonyl (C=O) groups is 3. The maximum atomic E-state index is 14.9. The van der Waals surface area contributed by atoms with Crippen LogP contribution in [0.5, 0.6) is 0 Å². The van der Waals surface area contributed by atoms with Crippen molar-refractivity contribution in [1.82, 2.24) is 20.1 Å². The first-order valence-corrected chi connectivity index (χ1v) is 16.8. The summed E-state index contributed by atoms with van der Waals surface area (Å²) in [4.78, 5) is 45.7. The van der Waals surface area contributed by atoms with Crippen molar-refractivity contribution in [2.75, 3.05) is 10.6 Å². The van der Waals surface area contributed by atoms with E-state index in [4.69, 9.17) is 30.0 Å². The number of aromatic nitrogens is 3. The predicted molar refractivity (Wildman–Crippen MR) is 187 cm³/mol. The van der Waals surface area contributed by atoms with E-state index in [1.54, 1.807) is 53.8 Å².